The quantitative estimate of drug-likeness (QED) is 0.715. The molecule has 0 spiro atoms. The van der Waals surface area contributed by atoms with Crippen LogP contribution in [0, 0.1) is 0 Å². The molecule has 2 unspecified atom stereocenters. The fourth-order valence-corrected chi connectivity index (χ4v) is 2.22. The molecular formula is C13H26N2O2. The minimum absolute atomic E-state index is 0.0940. The van der Waals surface area contributed by atoms with Crippen molar-refractivity contribution < 1.29 is 9.53 Å². The van der Waals surface area contributed by atoms with Crippen LogP contribution in [0.4, 0.5) is 0 Å². The molecule has 1 aliphatic rings. The summed E-state index contributed by atoms with van der Waals surface area (Å²) >= 11 is 0. The Bertz CT molecular complexity index is 227. The van der Waals surface area contributed by atoms with Gasteiger partial charge >= 0.3 is 5.97 Å². The number of esters is 1. The lowest BCUT2D eigenvalue weighted by Crippen LogP contribution is -2.45. The number of carbonyl (C=O) groups excluding carboxylic acids is 1. The highest BCUT2D eigenvalue weighted by molar-refractivity contribution is 5.69. The largest absolute Gasteiger partial charge is 0.466 e. The molecule has 1 saturated heterocycles. The SMILES string of the molecule is CCOC(=O)CC(C)N(C)CC1CCCCN1. The van der Waals surface area contributed by atoms with Crippen LogP contribution in [0.5, 0.6) is 0 Å². The van der Waals surface area contributed by atoms with Crippen LogP contribution in [0.15, 0.2) is 0 Å². The molecule has 0 aliphatic carbocycles. The minimum Gasteiger partial charge on any atom is -0.466 e. The van der Waals surface area contributed by atoms with E-state index in [0.717, 1.165) is 13.1 Å². The average Bonchev–Trinajstić information content (AvgIpc) is 2.30. The molecule has 1 aliphatic heterocycles. The summed E-state index contributed by atoms with van der Waals surface area (Å²) in [5.74, 6) is -0.0940. The molecule has 0 aromatic rings. The molecule has 0 amide bonds. The zero-order chi connectivity index (χ0) is 12.7. The number of rotatable bonds is 6. The summed E-state index contributed by atoms with van der Waals surface area (Å²) in [6.07, 6.45) is 4.34. The molecule has 1 rings (SSSR count). The fourth-order valence-electron chi connectivity index (χ4n) is 2.22. The Labute approximate surface area is 105 Å². The highest BCUT2D eigenvalue weighted by atomic mass is 16.5. The van der Waals surface area contributed by atoms with E-state index in [1.54, 1.807) is 0 Å². The third kappa shape index (κ3) is 5.50. The van der Waals surface area contributed by atoms with Crippen LogP contribution in [0.3, 0.4) is 0 Å². The monoisotopic (exact) mass is 242 g/mol. The van der Waals surface area contributed by atoms with E-state index < -0.39 is 0 Å². The summed E-state index contributed by atoms with van der Waals surface area (Å²) in [4.78, 5) is 13.6. The van der Waals surface area contributed by atoms with Gasteiger partial charge in [-0.2, -0.15) is 0 Å². The first kappa shape index (κ1) is 14.5. The Balaban J connectivity index is 2.25. The number of hydrogen-bond acceptors (Lipinski definition) is 4. The minimum atomic E-state index is -0.0940. The molecule has 1 fully saturated rings. The maximum atomic E-state index is 11.4. The summed E-state index contributed by atoms with van der Waals surface area (Å²) in [6, 6.07) is 0.830. The maximum absolute atomic E-state index is 11.4. The van der Waals surface area contributed by atoms with Gasteiger partial charge in [0.05, 0.1) is 13.0 Å². The highest BCUT2D eigenvalue weighted by Gasteiger charge is 2.19. The smallest absolute Gasteiger partial charge is 0.307 e. The van der Waals surface area contributed by atoms with Gasteiger partial charge in [0.25, 0.3) is 0 Å². The van der Waals surface area contributed by atoms with Crippen LogP contribution in [-0.4, -0.2) is 49.7 Å². The zero-order valence-electron chi connectivity index (χ0n) is 11.4. The summed E-state index contributed by atoms with van der Waals surface area (Å²) in [5, 5.41) is 3.53. The number of ether oxygens (including phenoxy) is 1. The number of nitrogens with zero attached hydrogens (tertiary/aromatic N) is 1. The van der Waals surface area contributed by atoms with Crippen molar-refractivity contribution in [1.82, 2.24) is 10.2 Å². The number of hydrogen-bond donors (Lipinski definition) is 1. The van der Waals surface area contributed by atoms with Crippen LogP contribution in [0.25, 0.3) is 0 Å². The summed E-state index contributed by atoms with van der Waals surface area (Å²) in [6.45, 7) is 6.54. The van der Waals surface area contributed by atoms with E-state index >= 15 is 0 Å². The van der Waals surface area contributed by atoms with Gasteiger partial charge in [-0.15, -0.1) is 0 Å². The second kappa shape index (κ2) is 7.67. The third-order valence-electron chi connectivity index (χ3n) is 3.44. The normalized spacial score (nSPS) is 22.5. The number of piperidine rings is 1. The molecule has 0 saturated carbocycles. The third-order valence-corrected chi connectivity index (χ3v) is 3.44. The molecular weight excluding hydrogens is 216 g/mol. The topological polar surface area (TPSA) is 41.6 Å². The van der Waals surface area contributed by atoms with Gasteiger partial charge in [0.2, 0.25) is 0 Å². The molecule has 100 valence electrons. The Morgan fingerprint density at radius 3 is 2.88 bits per heavy atom. The zero-order valence-corrected chi connectivity index (χ0v) is 11.4. The van der Waals surface area contributed by atoms with Crippen LogP contribution in [0.2, 0.25) is 0 Å². The Kier molecular flexibility index (Phi) is 6.52. The molecule has 4 heteroatoms. The van der Waals surface area contributed by atoms with Crippen molar-refractivity contribution in [2.75, 3.05) is 26.7 Å². The molecule has 1 N–H and O–H groups in total. The molecule has 0 aromatic heterocycles. The lowest BCUT2D eigenvalue weighted by atomic mass is 10.0. The van der Waals surface area contributed by atoms with E-state index in [4.69, 9.17) is 4.74 Å². The lowest BCUT2D eigenvalue weighted by molar-refractivity contribution is -0.144. The van der Waals surface area contributed by atoms with E-state index in [1.807, 2.05) is 6.92 Å². The van der Waals surface area contributed by atoms with Crippen molar-refractivity contribution in [3.63, 3.8) is 0 Å². The second-order valence-corrected chi connectivity index (χ2v) is 4.94. The first-order valence-corrected chi connectivity index (χ1v) is 6.72. The first-order valence-electron chi connectivity index (χ1n) is 6.72. The van der Waals surface area contributed by atoms with Crippen molar-refractivity contribution in [1.29, 1.82) is 0 Å². The average molecular weight is 242 g/mol. The van der Waals surface area contributed by atoms with Gasteiger partial charge in [0, 0.05) is 18.6 Å². The standard InChI is InChI=1S/C13H26N2O2/c1-4-17-13(16)9-11(2)15(3)10-12-7-5-6-8-14-12/h11-12,14H,4-10H2,1-3H3. The molecule has 0 aromatic carbocycles. The van der Waals surface area contributed by atoms with Crippen molar-refractivity contribution in [2.24, 2.45) is 0 Å². The van der Waals surface area contributed by atoms with Crippen LogP contribution < -0.4 is 5.32 Å². The molecule has 17 heavy (non-hydrogen) atoms. The van der Waals surface area contributed by atoms with Crippen LogP contribution >= 0.6 is 0 Å². The molecule has 0 bridgehead atoms. The summed E-state index contributed by atoms with van der Waals surface area (Å²) < 4.78 is 4.97. The predicted molar refractivity (Wildman–Crippen MR) is 69.0 cm³/mol. The van der Waals surface area contributed by atoms with E-state index in [9.17, 15) is 4.79 Å². The molecule has 2 atom stereocenters. The van der Waals surface area contributed by atoms with Crippen LogP contribution in [0.1, 0.15) is 39.5 Å². The number of carbonyl (C=O) groups is 1. The van der Waals surface area contributed by atoms with Crippen molar-refractivity contribution in [2.45, 2.75) is 51.6 Å². The van der Waals surface area contributed by atoms with E-state index in [-0.39, 0.29) is 12.0 Å². The van der Waals surface area contributed by atoms with Gasteiger partial charge in [0.15, 0.2) is 0 Å². The maximum Gasteiger partial charge on any atom is 0.307 e. The predicted octanol–water partition coefficient (Wildman–Crippen LogP) is 1.40. The molecule has 1 heterocycles. The molecule has 4 nitrogen and oxygen atoms in total. The van der Waals surface area contributed by atoms with Gasteiger partial charge in [0.1, 0.15) is 0 Å². The lowest BCUT2D eigenvalue weighted by Gasteiger charge is -2.31. The van der Waals surface area contributed by atoms with E-state index in [2.05, 4.69) is 24.2 Å². The number of likely N-dealkylation sites (N-methyl/N-ethyl adjacent to an activating group) is 1. The van der Waals surface area contributed by atoms with E-state index in [0.29, 0.717) is 19.1 Å². The highest BCUT2D eigenvalue weighted by Crippen LogP contribution is 2.10. The Hall–Kier alpha value is -0.610. The van der Waals surface area contributed by atoms with Crippen molar-refractivity contribution in [3.8, 4) is 0 Å². The Morgan fingerprint density at radius 2 is 2.29 bits per heavy atom. The summed E-state index contributed by atoms with van der Waals surface area (Å²) in [5.41, 5.74) is 0. The second-order valence-electron chi connectivity index (χ2n) is 4.94. The first-order chi connectivity index (χ1) is 8.13. The van der Waals surface area contributed by atoms with Gasteiger partial charge < -0.3 is 15.0 Å². The van der Waals surface area contributed by atoms with Gasteiger partial charge in [-0.3, -0.25) is 4.79 Å². The molecule has 0 radical (unpaired) electrons. The van der Waals surface area contributed by atoms with Gasteiger partial charge in [-0.05, 0) is 40.3 Å². The fraction of sp³-hybridized carbons (Fsp3) is 0.923. The van der Waals surface area contributed by atoms with Gasteiger partial charge in [-0.25, -0.2) is 0 Å². The van der Waals surface area contributed by atoms with E-state index in [1.165, 1.54) is 19.3 Å². The number of nitrogens with one attached hydrogen (secondary N) is 1. The van der Waals surface area contributed by atoms with Crippen molar-refractivity contribution >= 4 is 5.97 Å². The van der Waals surface area contributed by atoms with Crippen LogP contribution in [-0.2, 0) is 9.53 Å². The van der Waals surface area contributed by atoms with Gasteiger partial charge in [-0.1, -0.05) is 6.42 Å². The van der Waals surface area contributed by atoms with Crippen molar-refractivity contribution in [3.05, 3.63) is 0 Å². The summed E-state index contributed by atoms with van der Waals surface area (Å²) in [7, 11) is 2.08. The Morgan fingerprint density at radius 1 is 1.53 bits per heavy atom.